The lowest BCUT2D eigenvalue weighted by Crippen LogP contribution is -2.60. The maximum atomic E-state index is 13.8. The minimum Gasteiger partial charge on any atom is -0.431 e. The highest BCUT2D eigenvalue weighted by atomic mass is 19.4. The largest absolute Gasteiger partial charge is 0.431 e. The number of nitrogens with zero attached hydrogens (tertiary/aromatic N) is 3. The monoisotopic (exact) mass is 429 g/mol. The Morgan fingerprint density at radius 3 is 2.65 bits per heavy atom. The molecule has 6 rings (SSSR count). The second kappa shape index (κ2) is 6.19. The van der Waals surface area contributed by atoms with Crippen LogP contribution in [-0.2, 0) is 4.74 Å². The van der Waals surface area contributed by atoms with Crippen LogP contribution in [0.15, 0.2) is 36.5 Å². The van der Waals surface area contributed by atoms with Crippen LogP contribution in [0.4, 0.5) is 23.8 Å². The minimum absolute atomic E-state index is 0.155. The predicted octanol–water partition coefficient (Wildman–Crippen LogP) is 4.19. The quantitative estimate of drug-likeness (QED) is 0.639. The number of cyclic esters (lactones) is 1. The van der Waals surface area contributed by atoms with E-state index in [4.69, 9.17) is 5.10 Å². The van der Waals surface area contributed by atoms with E-state index in [1.807, 2.05) is 28.9 Å². The van der Waals surface area contributed by atoms with Crippen LogP contribution in [0.5, 0.6) is 0 Å². The van der Waals surface area contributed by atoms with Gasteiger partial charge in [0.1, 0.15) is 11.5 Å². The molecule has 1 saturated heterocycles. The highest BCUT2D eigenvalue weighted by Gasteiger charge is 2.51. The van der Waals surface area contributed by atoms with Gasteiger partial charge in [-0.3, -0.25) is 10.00 Å². The van der Waals surface area contributed by atoms with E-state index in [-0.39, 0.29) is 23.0 Å². The standard InChI is InChI=1S/C21H18F3N5O2/c22-21(23,24)17-15-13(5-6-26-18(15)27-19(30)31-17)16-12-3-1-2-4-14(12)29(28-16)11-7-20(8-11)9-25-10-20/h1-6,11,17,25H,7-10H2,(H,26,27,30)/t17-/m1/s1. The van der Waals surface area contributed by atoms with Gasteiger partial charge in [0.25, 0.3) is 0 Å². The molecule has 1 amide bonds. The van der Waals surface area contributed by atoms with Gasteiger partial charge in [-0.05, 0) is 30.4 Å². The highest BCUT2D eigenvalue weighted by Crippen LogP contribution is 2.52. The van der Waals surface area contributed by atoms with Crippen LogP contribution in [0.1, 0.15) is 30.6 Å². The number of aromatic nitrogens is 3. The van der Waals surface area contributed by atoms with Gasteiger partial charge < -0.3 is 10.1 Å². The topological polar surface area (TPSA) is 81.1 Å². The lowest BCUT2D eigenvalue weighted by molar-refractivity contribution is -0.206. The van der Waals surface area contributed by atoms with Crippen molar-refractivity contribution in [1.82, 2.24) is 20.1 Å². The number of fused-ring (bicyclic) bond motifs is 2. The summed E-state index contributed by atoms with van der Waals surface area (Å²) in [6, 6.07) is 9.22. The highest BCUT2D eigenvalue weighted by molar-refractivity contribution is 5.97. The lowest BCUT2D eigenvalue weighted by Gasteiger charge is -2.54. The molecule has 2 fully saturated rings. The number of hydrogen-bond acceptors (Lipinski definition) is 5. The first-order valence-electron chi connectivity index (χ1n) is 10.1. The molecule has 31 heavy (non-hydrogen) atoms. The molecule has 1 aliphatic carbocycles. The molecule has 10 heteroatoms. The number of alkyl halides is 3. The molecule has 1 saturated carbocycles. The fraction of sp³-hybridized carbons (Fsp3) is 0.381. The Morgan fingerprint density at radius 2 is 1.94 bits per heavy atom. The molecule has 1 atom stereocenters. The van der Waals surface area contributed by atoms with E-state index >= 15 is 0 Å². The van der Waals surface area contributed by atoms with E-state index in [0.717, 1.165) is 36.8 Å². The van der Waals surface area contributed by atoms with Crippen LogP contribution < -0.4 is 10.6 Å². The number of para-hydroxylation sites is 1. The first-order chi connectivity index (χ1) is 14.8. The smallest absolute Gasteiger partial charge is 0.430 e. The van der Waals surface area contributed by atoms with Crippen LogP contribution in [-0.4, -0.2) is 40.1 Å². The van der Waals surface area contributed by atoms with Crippen molar-refractivity contribution in [1.29, 1.82) is 0 Å². The van der Waals surface area contributed by atoms with Crippen molar-refractivity contribution in [3.63, 3.8) is 0 Å². The number of nitrogens with one attached hydrogen (secondary N) is 2. The third-order valence-corrected chi connectivity index (χ3v) is 6.55. The zero-order valence-corrected chi connectivity index (χ0v) is 16.2. The number of halogens is 3. The van der Waals surface area contributed by atoms with Gasteiger partial charge in [0.2, 0.25) is 6.10 Å². The summed E-state index contributed by atoms with van der Waals surface area (Å²) < 4.78 is 47.9. The maximum absolute atomic E-state index is 13.8. The van der Waals surface area contributed by atoms with Gasteiger partial charge in [-0.2, -0.15) is 18.3 Å². The van der Waals surface area contributed by atoms with Crippen LogP contribution in [0.2, 0.25) is 0 Å². The summed E-state index contributed by atoms with van der Waals surface area (Å²) >= 11 is 0. The van der Waals surface area contributed by atoms with Crippen molar-refractivity contribution in [3.8, 4) is 11.3 Å². The van der Waals surface area contributed by atoms with Gasteiger partial charge in [0.05, 0.1) is 17.1 Å². The molecule has 0 unspecified atom stereocenters. The Hall–Kier alpha value is -3.14. The SMILES string of the molecule is O=C1Nc2nccc(-c3nn(C4CC5(CNC5)C4)c4ccccc34)c2[C@H](C(F)(F)F)O1. The molecule has 2 aliphatic heterocycles. The van der Waals surface area contributed by atoms with Crippen molar-refractivity contribution >= 4 is 22.8 Å². The molecule has 3 aromatic rings. The van der Waals surface area contributed by atoms with E-state index < -0.39 is 18.4 Å². The fourth-order valence-electron chi connectivity index (χ4n) is 5.01. The third-order valence-electron chi connectivity index (χ3n) is 6.55. The summed E-state index contributed by atoms with van der Waals surface area (Å²) in [7, 11) is 0. The Bertz CT molecular complexity index is 1210. The normalized spacial score (nSPS) is 22.4. The first kappa shape index (κ1) is 18.6. The second-order valence-electron chi connectivity index (χ2n) is 8.55. The zero-order chi connectivity index (χ0) is 21.4. The molecular weight excluding hydrogens is 411 g/mol. The van der Waals surface area contributed by atoms with E-state index in [1.165, 1.54) is 12.3 Å². The number of hydrogen-bond donors (Lipinski definition) is 2. The van der Waals surface area contributed by atoms with Crippen molar-refractivity contribution in [3.05, 3.63) is 42.1 Å². The van der Waals surface area contributed by atoms with Crippen LogP contribution >= 0.6 is 0 Å². The van der Waals surface area contributed by atoms with E-state index in [0.29, 0.717) is 11.1 Å². The molecule has 0 radical (unpaired) electrons. The average Bonchev–Trinajstić information content (AvgIpc) is 3.03. The van der Waals surface area contributed by atoms with Crippen molar-refractivity contribution < 1.29 is 22.7 Å². The summed E-state index contributed by atoms with van der Waals surface area (Å²) in [6.45, 7) is 2.00. The molecule has 2 aromatic heterocycles. The van der Waals surface area contributed by atoms with Crippen LogP contribution in [0.25, 0.3) is 22.2 Å². The Morgan fingerprint density at radius 1 is 1.16 bits per heavy atom. The summed E-state index contributed by atoms with van der Waals surface area (Å²) in [6.07, 6.45) is -5.01. The van der Waals surface area contributed by atoms with Gasteiger partial charge in [0, 0.05) is 30.2 Å². The van der Waals surface area contributed by atoms with Gasteiger partial charge in [-0.25, -0.2) is 9.78 Å². The molecule has 2 N–H and O–H groups in total. The zero-order valence-electron chi connectivity index (χ0n) is 16.2. The van der Waals surface area contributed by atoms with Gasteiger partial charge in [0.15, 0.2) is 0 Å². The number of pyridine rings is 1. The summed E-state index contributed by atoms with van der Waals surface area (Å²) in [4.78, 5) is 15.6. The number of carbonyl (C=O) groups excluding carboxylic acids is 1. The van der Waals surface area contributed by atoms with Gasteiger partial charge in [-0.15, -0.1) is 0 Å². The fourth-order valence-corrected chi connectivity index (χ4v) is 5.01. The van der Waals surface area contributed by atoms with Crippen LogP contribution in [0, 0.1) is 5.41 Å². The molecule has 160 valence electrons. The maximum Gasteiger partial charge on any atom is 0.430 e. The molecule has 1 spiro atoms. The average molecular weight is 429 g/mol. The second-order valence-corrected chi connectivity index (χ2v) is 8.55. The third kappa shape index (κ3) is 2.74. The van der Waals surface area contributed by atoms with Gasteiger partial charge >= 0.3 is 12.3 Å². The lowest BCUT2D eigenvalue weighted by atomic mass is 9.62. The van der Waals surface area contributed by atoms with E-state index in [2.05, 4.69) is 20.4 Å². The Labute approximate surface area is 174 Å². The van der Waals surface area contributed by atoms with E-state index in [9.17, 15) is 18.0 Å². The first-order valence-corrected chi connectivity index (χ1v) is 10.1. The van der Waals surface area contributed by atoms with Crippen molar-refractivity contribution in [2.24, 2.45) is 5.41 Å². The Balaban J connectivity index is 1.51. The number of ether oxygens (including phenoxy) is 1. The summed E-state index contributed by atoms with van der Waals surface area (Å²) in [5.41, 5.74) is 1.66. The molecule has 1 aromatic carbocycles. The molecule has 0 bridgehead atoms. The van der Waals surface area contributed by atoms with Gasteiger partial charge in [-0.1, -0.05) is 18.2 Å². The Kier molecular flexibility index (Phi) is 3.72. The van der Waals surface area contributed by atoms with Crippen LogP contribution in [0.3, 0.4) is 0 Å². The minimum atomic E-state index is -4.78. The van der Waals surface area contributed by atoms with Crippen molar-refractivity contribution in [2.45, 2.75) is 31.2 Å². The van der Waals surface area contributed by atoms with Crippen molar-refractivity contribution in [2.75, 3.05) is 18.4 Å². The summed E-state index contributed by atoms with van der Waals surface area (Å²) in [5.74, 6) is -0.155. The molecular formula is C21H18F3N5O2. The number of rotatable bonds is 2. The number of carbonyl (C=O) groups is 1. The molecule has 4 heterocycles. The van der Waals surface area contributed by atoms with E-state index in [1.54, 1.807) is 0 Å². The molecule has 3 aliphatic rings. The molecule has 7 nitrogen and oxygen atoms in total. The summed E-state index contributed by atoms with van der Waals surface area (Å²) in [5, 5.41) is 11.1. The predicted molar refractivity (Wildman–Crippen MR) is 105 cm³/mol. The number of amides is 1. The number of benzene rings is 1. The number of anilines is 1.